The second-order valence-corrected chi connectivity index (χ2v) is 2.38. The molecule has 74 valence electrons. The number of ether oxygens (including phenoxy) is 1. The maximum atomic E-state index is 9.00. The molecule has 0 spiro atoms. The Bertz CT molecular complexity index is 240. The first-order valence-corrected chi connectivity index (χ1v) is 3.62. The molecule has 0 fully saturated rings. The molecular weight excluding hydrogens is 192 g/mol. The molecule has 1 aromatic carbocycles. The third kappa shape index (κ3) is 3.98. The van der Waals surface area contributed by atoms with Gasteiger partial charge in [0.15, 0.2) is 0 Å². The van der Waals surface area contributed by atoms with Crippen molar-refractivity contribution in [2.24, 2.45) is 5.73 Å². The minimum Gasteiger partial charge on any atom is -0.464 e. The highest BCUT2D eigenvalue weighted by molar-refractivity contribution is 5.85. The fourth-order valence-corrected chi connectivity index (χ4v) is 0.752. The lowest BCUT2D eigenvalue weighted by atomic mass is 10.3. The number of benzene rings is 1. The van der Waals surface area contributed by atoms with Crippen LogP contribution in [-0.2, 0) is 0 Å². The Morgan fingerprint density at radius 3 is 2.31 bits per heavy atom. The van der Waals surface area contributed by atoms with Gasteiger partial charge in [-0.3, -0.25) is 0 Å². The minimum absolute atomic E-state index is 0. The van der Waals surface area contributed by atoms with Gasteiger partial charge in [0.1, 0.15) is 5.75 Å². The van der Waals surface area contributed by atoms with Crippen molar-refractivity contribution in [2.45, 2.75) is 6.29 Å². The molecule has 0 aliphatic heterocycles. The van der Waals surface area contributed by atoms with Gasteiger partial charge < -0.3 is 21.3 Å². The summed E-state index contributed by atoms with van der Waals surface area (Å²) in [5.74, 6) is 0.558. The van der Waals surface area contributed by atoms with Crippen LogP contribution in [0.15, 0.2) is 24.3 Å². The average molecular weight is 205 g/mol. The van der Waals surface area contributed by atoms with Crippen LogP contribution in [0, 0.1) is 0 Å². The van der Waals surface area contributed by atoms with Gasteiger partial charge in [0, 0.05) is 5.69 Å². The van der Waals surface area contributed by atoms with Crippen LogP contribution >= 0.6 is 12.4 Å². The van der Waals surface area contributed by atoms with E-state index in [0.717, 1.165) is 0 Å². The van der Waals surface area contributed by atoms with Crippen molar-refractivity contribution in [1.29, 1.82) is 0 Å². The molecule has 0 saturated heterocycles. The van der Waals surface area contributed by atoms with E-state index in [4.69, 9.17) is 21.3 Å². The summed E-state index contributed by atoms with van der Waals surface area (Å²) in [4.78, 5) is 0. The average Bonchev–Trinajstić information content (AvgIpc) is 2.09. The van der Waals surface area contributed by atoms with Gasteiger partial charge in [-0.1, -0.05) is 0 Å². The SMILES string of the molecule is Cl.NCC(O)Oc1ccc(N)cc1. The van der Waals surface area contributed by atoms with Crippen molar-refractivity contribution in [3.63, 3.8) is 0 Å². The molecule has 1 atom stereocenters. The maximum absolute atomic E-state index is 9.00. The van der Waals surface area contributed by atoms with Gasteiger partial charge in [-0.05, 0) is 24.3 Å². The number of anilines is 1. The van der Waals surface area contributed by atoms with Crippen LogP contribution in [0.4, 0.5) is 5.69 Å². The monoisotopic (exact) mass is 204 g/mol. The smallest absolute Gasteiger partial charge is 0.209 e. The molecule has 0 aromatic heterocycles. The zero-order chi connectivity index (χ0) is 8.97. The molecule has 0 bridgehead atoms. The molecule has 5 heteroatoms. The number of hydrogen-bond acceptors (Lipinski definition) is 4. The van der Waals surface area contributed by atoms with Crippen molar-refractivity contribution in [2.75, 3.05) is 12.3 Å². The molecule has 1 rings (SSSR count). The third-order valence-electron chi connectivity index (χ3n) is 1.35. The Labute approximate surface area is 82.9 Å². The lowest BCUT2D eigenvalue weighted by molar-refractivity contribution is -0.00856. The quantitative estimate of drug-likeness (QED) is 0.490. The maximum Gasteiger partial charge on any atom is 0.209 e. The highest BCUT2D eigenvalue weighted by Gasteiger charge is 2.01. The normalized spacial score (nSPS) is 11.5. The first kappa shape index (κ1) is 12.0. The summed E-state index contributed by atoms with van der Waals surface area (Å²) in [6.07, 6.45) is -0.950. The van der Waals surface area contributed by atoms with Gasteiger partial charge in [0.25, 0.3) is 0 Å². The minimum atomic E-state index is -0.950. The first-order chi connectivity index (χ1) is 5.72. The standard InChI is InChI=1S/C8H12N2O2.ClH/c9-5-8(11)12-7-3-1-6(10)2-4-7;/h1-4,8,11H,5,9-10H2;1H. The second kappa shape index (κ2) is 5.64. The van der Waals surface area contributed by atoms with E-state index in [0.29, 0.717) is 11.4 Å². The summed E-state index contributed by atoms with van der Waals surface area (Å²) in [5, 5.41) is 9.00. The Morgan fingerprint density at radius 1 is 1.31 bits per heavy atom. The predicted octanol–water partition coefficient (Wildman–Crippen LogP) is 0.346. The predicted molar refractivity (Wildman–Crippen MR) is 53.8 cm³/mol. The lowest BCUT2D eigenvalue weighted by Gasteiger charge is -2.10. The van der Waals surface area contributed by atoms with Crippen LogP contribution in [0.5, 0.6) is 5.75 Å². The van der Waals surface area contributed by atoms with Gasteiger partial charge in [-0.15, -0.1) is 12.4 Å². The van der Waals surface area contributed by atoms with E-state index >= 15 is 0 Å². The third-order valence-corrected chi connectivity index (χ3v) is 1.35. The van der Waals surface area contributed by atoms with E-state index in [2.05, 4.69) is 0 Å². The van der Waals surface area contributed by atoms with Crippen molar-refractivity contribution >= 4 is 18.1 Å². The Kier molecular flexibility index (Phi) is 5.22. The zero-order valence-corrected chi connectivity index (χ0v) is 7.83. The number of hydrogen-bond donors (Lipinski definition) is 3. The molecule has 1 aromatic rings. The van der Waals surface area contributed by atoms with Crippen LogP contribution in [-0.4, -0.2) is 17.9 Å². The van der Waals surface area contributed by atoms with Gasteiger partial charge in [-0.2, -0.15) is 0 Å². The summed E-state index contributed by atoms with van der Waals surface area (Å²) < 4.78 is 4.99. The lowest BCUT2D eigenvalue weighted by Crippen LogP contribution is -2.25. The molecule has 5 N–H and O–H groups in total. The molecule has 0 saturated carbocycles. The van der Waals surface area contributed by atoms with Gasteiger partial charge >= 0.3 is 0 Å². The van der Waals surface area contributed by atoms with E-state index in [-0.39, 0.29) is 19.0 Å². The number of halogens is 1. The topological polar surface area (TPSA) is 81.5 Å². The summed E-state index contributed by atoms with van der Waals surface area (Å²) in [7, 11) is 0. The van der Waals surface area contributed by atoms with Crippen molar-refractivity contribution < 1.29 is 9.84 Å². The summed E-state index contributed by atoms with van der Waals surface area (Å²) >= 11 is 0. The van der Waals surface area contributed by atoms with Crippen LogP contribution in [0.1, 0.15) is 0 Å². The van der Waals surface area contributed by atoms with Gasteiger partial charge in [-0.25, -0.2) is 0 Å². The molecule has 13 heavy (non-hydrogen) atoms. The van der Waals surface area contributed by atoms with Crippen LogP contribution in [0.25, 0.3) is 0 Å². The second-order valence-electron chi connectivity index (χ2n) is 2.38. The molecular formula is C8H13ClN2O2. The van der Waals surface area contributed by atoms with E-state index in [9.17, 15) is 0 Å². The largest absolute Gasteiger partial charge is 0.464 e. The fraction of sp³-hybridized carbons (Fsp3) is 0.250. The van der Waals surface area contributed by atoms with Gasteiger partial charge in [0.2, 0.25) is 6.29 Å². The van der Waals surface area contributed by atoms with Crippen molar-refractivity contribution in [3.8, 4) is 5.75 Å². The Morgan fingerprint density at radius 2 is 1.85 bits per heavy atom. The number of nitrogen functional groups attached to an aromatic ring is 1. The summed E-state index contributed by atoms with van der Waals surface area (Å²) in [5.41, 5.74) is 11.3. The molecule has 0 aliphatic carbocycles. The number of aliphatic hydroxyl groups is 1. The van der Waals surface area contributed by atoms with Gasteiger partial charge in [0.05, 0.1) is 6.54 Å². The Balaban J connectivity index is 0.00000144. The highest BCUT2D eigenvalue weighted by Crippen LogP contribution is 2.13. The number of rotatable bonds is 3. The van der Waals surface area contributed by atoms with E-state index in [1.807, 2.05) is 0 Å². The Hall–Kier alpha value is -0.970. The van der Waals surface area contributed by atoms with Crippen molar-refractivity contribution in [1.82, 2.24) is 0 Å². The van der Waals surface area contributed by atoms with E-state index < -0.39 is 6.29 Å². The van der Waals surface area contributed by atoms with Crippen molar-refractivity contribution in [3.05, 3.63) is 24.3 Å². The fourth-order valence-electron chi connectivity index (χ4n) is 0.752. The number of nitrogens with two attached hydrogens (primary N) is 2. The highest BCUT2D eigenvalue weighted by atomic mass is 35.5. The first-order valence-electron chi connectivity index (χ1n) is 3.62. The molecule has 0 aliphatic rings. The summed E-state index contributed by atoms with van der Waals surface area (Å²) in [6.45, 7) is 0.0738. The van der Waals surface area contributed by atoms with E-state index in [1.165, 1.54) is 0 Å². The van der Waals surface area contributed by atoms with Crippen LogP contribution in [0.3, 0.4) is 0 Å². The molecule has 4 nitrogen and oxygen atoms in total. The molecule has 0 heterocycles. The van der Waals surface area contributed by atoms with Crippen LogP contribution < -0.4 is 16.2 Å². The molecule has 1 unspecified atom stereocenters. The van der Waals surface area contributed by atoms with Crippen LogP contribution in [0.2, 0.25) is 0 Å². The molecule has 0 amide bonds. The zero-order valence-electron chi connectivity index (χ0n) is 7.01. The van der Waals surface area contributed by atoms with E-state index in [1.54, 1.807) is 24.3 Å². The summed E-state index contributed by atoms with van der Waals surface area (Å²) in [6, 6.07) is 6.74. The molecule has 0 radical (unpaired) electrons. The number of aliphatic hydroxyl groups excluding tert-OH is 1.